The molecule has 19 heavy (non-hydrogen) atoms. The average Bonchev–Trinajstić information content (AvgIpc) is 2.76. The topological polar surface area (TPSA) is 58.4 Å². The summed E-state index contributed by atoms with van der Waals surface area (Å²) in [4.78, 5) is 14.3. The van der Waals surface area contributed by atoms with Crippen LogP contribution in [0.1, 0.15) is 31.7 Å². The van der Waals surface area contributed by atoms with Crippen LogP contribution in [-0.2, 0) is 4.79 Å². The van der Waals surface area contributed by atoms with Crippen LogP contribution in [0.3, 0.4) is 0 Å². The van der Waals surface area contributed by atoms with Gasteiger partial charge in [-0.3, -0.25) is 4.79 Å². The molecule has 4 heteroatoms. The number of hydrogen-bond acceptors (Lipinski definition) is 3. The van der Waals surface area contributed by atoms with Crippen LogP contribution in [-0.4, -0.2) is 29.9 Å². The molecule has 0 aromatic heterocycles. The first kappa shape index (κ1) is 13.9. The maximum Gasteiger partial charge on any atom is 0.225 e. The largest absolute Gasteiger partial charge is 0.399 e. The maximum absolute atomic E-state index is 11.9. The monoisotopic (exact) mass is 261 g/mol. The average molecular weight is 261 g/mol. The van der Waals surface area contributed by atoms with Crippen molar-refractivity contribution in [2.24, 2.45) is 0 Å². The Kier molecular flexibility index (Phi) is 4.43. The van der Waals surface area contributed by atoms with Gasteiger partial charge in [0.2, 0.25) is 5.91 Å². The molecule has 0 saturated carbocycles. The number of benzene rings is 1. The Morgan fingerprint density at radius 3 is 2.95 bits per heavy atom. The van der Waals surface area contributed by atoms with Crippen molar-refractivity contribution in [1.82, 2.24) is 4.90 Å². The summed E-state index contributed by atoms with van der Waals surface area (Å²) in [5.74, 6) is 0.0759. The van der Waals surface area contributed by atoms with Crippen molar-refractivity contribution in [3.63, 3.8) is 0 Å². The third kappa shape index (κ3) is 3.70. The Labute approximate surface area is 115 Å². The molecule has 1 saturated heterocycles. The van der Waals surface area contributed by atoms with E-state index in [1.165, 1.54) is 12.8 Å². The van der Waals surface area contributed by atoms with E-state index in [4.69, 9.17) is 5.73 Å². The van der Waals surface area contributed by atoms with Crippen LogP contribution in [0.4, 0.5) is 11.4 Å². The second-order valence-corrected chi connectivity index (χ2v) is 5.40. The molecular weight excluding hydrogens is 238 g/mol. The quantitative estimate of drug-likeness (QED) is 0.818. The molecule has 2 rings (SSSR count). The van der Waals surface area contributed by atoms with Crippen molar-refractivity contribution in [3.8, 4) is 0 Å². The molecule has 1 atom stereocenters. The van der Waals surface area contributed by atoms with Crippen LogP contribution in [0.25, 0.3) is 0 Å². The number of nitrogens with one attached hydrogen (secondary N) is 1. The van der Waals surface area contributed by atoms with Crippen molar-refractivity contribution in [1.29, 1.82) is 0 Å². The fraction of sp³-hybridized carbons (Fsp3) is 0.533. The van der Waals surface area contributed by atoms with E-state index >= 15 is 0 Å². The molecule has 1 heterocycles. The molecule has 1 aliphatic heterocycles. The highest BCUT2D eigenvalue weighted by Gasteiger charge is 2.20. The highest BCUT2D eigenvalue weighted by atomic mass is 16.1. The lowest BCUT2D eigenvalue weighted by Gasteiger charge is -2.20. The smallest absolute Gasteiger partial charge is 0.225 e. The van der Waals surface area contributed by atoms with Crippen LogP contribution < -0.4 is 11.1 Å². The molecule has 104 valence electrons. The van der Waals surface area contributed by atoms with Gasteiger partial charge in [0.15, 0.2) is 0 Å². The van der Waals surface area contributed by atoms with E-state index in [0.29, 0.717) is 12.5 Å². The van der Waals surface area contributed by atoms with Crippen molar-refractivity contribution in [2.75, 3.05) is 24.1 Å². The van der Waals surface area contributed by atoms with Crippen LogP contribution in [0.2, 0.25) is 0 Å². The Hall–Kier alpha value is -1.55. The summed E-state index contributed by atoms with van der Waals surface area (Å²) >= 11 is 0. The van der Waals surface area contributed by atoms with E-state index < -0.39 is 0 Å². The molecule has 0 aliphatic carbocycles. The minimum absolute atomic E-state index is 0.0759. The summed E-state index contributed by atoms with van der Waals surface area (Å²) in [6.07, 6.45) is 3.05. The summed E-state index contributed by atoms with van der Waals surface area (Å²) < 4.78 is 0. The van der Waals surface area contributed by atoms with Crippen LogP contribution in [0.15, 0.2) is 18.2 Å². The molecule has 3 N–H and O–H groups in total. The van der Waals surface area contributed by atoms with Gasteiger partial charge in [-0.05, 0) is 57.0 Å². The summed E-state index contributed by atoms with van der Waals surface area (Å²) in [7, 11) is 0. The number of nitrogen functional groups attached to an aromatic ring is 1. The van der Waals surface area contributed by atoms with Crippen molar-refractivity contribution < 1.29 is 4.79 Å². The molecule has 4 nitrogen and oxygen atoms in total. The maximum atomic E-state index is 11.9. The second kappa shape index (κ2) is 6.06. The van der Waals surface area contributed by atoms with Gasteiger partial charge in [-0.2, -0.15) is 0 Å². The highest BCUT2D eigenvalue weighted by molar-refractivity contribution is 5.91. The molecule has 0 bridgehead atoms. The van der Waals surface area contributed by atoms with Gasteiger partial charge in [0, 0.05) is 30.4 Å². The predicted molar refractivity (Wildman–Crippen MR) is 79.1 cm³/mol. The fourth-order valence-corrected chi connectivity index (χ4v) is 2.61. The number of carbonyl (C=O) groups excluding carboxylic acids is 1. The number of nitrogens with zero attached hydrogens (tertiary/aromatic N) is 1. The number of amides is 1. The van der Waals surface area contributed by atoms with Crippen molar-refractivity contribution in [2.45, 2.75) is 39.2 Å². The zero-order valence-electron chi connectivity index (χ0n) is 11.8. The molecule has 1 amide bonds. The molecule has 1 aromatic carbocycles. The number of hydrogen-bond donors (Lipinski definition) is 2. The molecular formula is C15H23N3O. The van der Waals surface area contributed by atoms with E-state index in [1.54, 1.807) is 0 Å². The zero-order valence-corrected chi connectivity index (χ0v) is 11.8. The standard InChI is InChI=1S/C15H23N3O/c1-11-10-13(16)5-6-14(11)17-15(19)7-9-18-8-3-4-12(18)2/h5-6,10,12H,3-4,7-9,16H2,1-2H3,(H,17,19). The van der Waals surface area contributed by atoms with Gasteiger partial charge in [-0.1, -0.05) is 0 Å². The number of rotatable bonds is 4. The number of nitrogens with two attached hydrogens (primary N) is 1. The van der Waals surface area contributed by atoms with Crippen LogP contribution in [0, 0.1) is 6.92 Å². The molecule has 1 unspecified atom stereocenters. The van der Waals surface area contributed by atoms with Gasteiger partial charge in [0.25, 0.3) is 0 Å². The second-order valence-electron chi connectivity index (χ2n) is 5.40. The molecule has 1 aliphatic rings. The lowest BCUT2D eigenvalue weighted by molar-refractivity contribution is -0.116. The van der Waals surface area contributed by atoms with Gasteiger partial charge in [0.05, 0.1) is 0 Å². The number of carbonyl (C=O) groups is 1. The SMILES string of the molecule is Cc1cc(N)ccc1NC(=O)CCN1CCCC1C. The van der Waals surface area contributed by atoms with E-state index in [9.17, 15) is 4.79 Å². The third-order valence-corrected chi connectivity index (χ3v) is 3.84. The molecule has 1 aromatic rings. The first-order valence-electron chi connectivity index (χ1n) is 6.96. The number of aryl methyl sites for hydroxylation is 1. The van der Waals surface area contributed by atoms with Crippen LogP contribution >= 0.6 is 0 Å². The van der Waals surface area contributed by atoms with Crippen LogP contribution in [0.5, 0.6) is 0 Å². The molecule has 1 fully saturated rings. The Morgan fingerprint density at radius 1 is 1.53 bits per heavy atom. The predicted octanol–water partition coefficient (Wildman–Crippen LogP) is 2.39. The van der Waals surface area contributed by atoms with Crippen molar-refractivity contribution >= 4 is 17.3 Å². The highest BCUT2D eigenvalue weighted by Crippen LogP contribution is 2.19. The Balaban J connectivity index is 1.84. The third-order valence-electron chi connectivity index (χ3n) is 3.84. The lowest BCUT2D eigenvalue weighted by atomic mass is 10.1. The zero-order chi connectivity index (χ0) is 13.8. The first-order chi connectivity index (χ1) is 9.06. The first-order valence-corrected chi connectivity index (χ1v) is 6.96. The summed E-state index contributed by atoms with van der Waals surface area (Å²) in [6.45, 7) is 6.15. The van der Waals surface area contributed by atoms with Gasteiger partial charge >= 0.3 is 0 Å². The Morgan fingerprint density at radius 2 is 2.32 bits per heavy atom. The van der Waals surface area contributed by atoms with Gasteiger partial charge in [0.1, 0.15) is 0 Å². The van der Waals surface area contributed by atoms with Gasteiger partial charge in [-0.15, -0.1) is 0 Å². The van der Waals surface area contributed by atoms with E-state index in [1.807, 2.05) is 25.1 Å². The van der Waals surface area contributed by atoms with E-state index in [2.05, 4.69) is 17.1 Å². The lowest BCUT2D eigenvalue weighted by Crippen LogP contribution is -2.30. The fourth-order valence-electron chi connectivity index (χ4n) is 2.61. The molecule has 0 radical (unpaired) electrons. The Bertz CT molecular complexity index is 459. The van der Waals surface area contributed by atoms with Crippen molar-refractivity contribution in [3.05, 3.63) is 23.8 Å². The minimum Gasteiger partial charge on any atom is -0.399 e. The summed E-state index contributed by atoms with van der Waals surface area (Å²) in [5, 5.41) is 2.96. The van der Waals surface area contributed by atoms with Gasteiger partial charge in [-0.25, -0.2) is 0 Å². The normalized spacial score (nSPS) is 19.6. The minimum atomic E-state index is 0.0759. The summed E-state index contributed by atoms with van der Waals surface area (Å²) in [6, 6.07) is 6.16. The number of anilines is 2. The number of likely N-dealkylation sites (tertiary alicyclic amines) is 1. The molecule has 0 spiro atoms. The summed E-state index contributed by atoms with van der Waals surface area (Å²) in [5.41, 5.74) is 8.28. The van der Waals surface area contributed by atoms with E-state index in [-0.39, 0.29) is 5.91 Å². The van der Waals surface area contributed by atoms with E-state index in [0.717, 1.165) is 30.0 Å². The van der Waals surface area contributed by atoms with Gasteiger partial charge < -0.3 is 16.0 Å².